The number of aryl methyl sites for hydroxylation is 1. The van der Waals surface area contributed by atoms with E-state index in [2.05, 4.69) is 25.3 Å². The first kappa shape index (κ1) is 13.3. The summed E-state index contributed by atoms with van der Waals surface area (Å²) < 4.78 is 46.2. The molecule has 0 radical (unpaired) electrons. The van der Waals surface area contributed by atoms with Gasteiger partial charge in [-0.1, -0.05) is 22.0 Å². The minimum absolute atomic E-state index is 0.136. The molecule has 0 fully saturated rings. The zero-order chi connectivity index (χ0) is 13.3. The standard InChI is InChI=1S/C10H6BrF3N2OS/c1-5-2-3-6(11)4-7(5)17-9-15-8(16-18-9)10(12,13)14/h2-4H,1H3. The van der Waals surface area contributed by atoms with Gasteiger partial charge in [-0.25, -0.2) is 0 Å². The lowest BCUT2D eigenvalue weighted by Crippen LogP contribution is -2.06. The number of rotatable bonds is 2. The van der Waals surface area contributed by atoms with E-state index in [1.54, 1.807) is 19.1 Å². The number of nitrogens with zero attached hydrogens (tertiary/aromatic N) is 2. The van der Waals surface area contributed by atoms with Crippen molar-refractivity contribution in [2.75, 3.05) is 0 Å². The van der Waals surface area contributed by atoms with Crippen molar-refractivity contribution >= 4 is 27.5 Å². The van der Waals surface area contributed by atoms with Gasteiger partial charge in [0.25, 0.3) is 11.0 Å². The molecule has 0 atom stereocenters. The first-order chi connectivity index (χ1) is 8.36. The van der Waals surface area contributed by atoms with Crippen molar-refractivity contribution in [1.29, 1.82) is 0 Å². The predicted molar refractivity (Wildman–Crippen MR) is 63.9 cm³/mol. The normalized spacial score (nSPS) is 11.6. The van der Waals surface area contributed by atoms with E-state index >= 15 is 0 Å². The van der Waals surface area contributed by atoms with E-state index in [9.17, 15) is 13.2 Å². The van der Waals surface area contributed by atoms with E-state index in [0.717, 1.165) is 10.0 Å². The number of benzene rings is 1. The fourth-order valence-electron chi connectivity index (χ4n) is 1.14. The maximum Gasteiger partial charge on any atom is 0.452 e. The molecule has 0 bridgehead atoms. The molecule has 8 heteroatoms. The highest BCUT2D eigenvalue weighted by atomic mass is 79.9. The molecule has 1 aromatic carbocycles. The molecule has 0 saturated heterocycles. The molecule has 0 aliphatic rings. The van der Waals surface area contributed by atoms with Crippen LogP contribution in [0.15, 0.2) is 22.7 Å². The fourth-order valence-corrected chi connectivity index (χ4v) is 2.05. The summed E-state index contributed by atoms with van der Waals surface area (Å²) in [7, 11) is 0. The summed E-state index contributed by atoms with van der Waals surface area (Å²) in [5.41, 5.74) is 0.793. The summed E-state index contributed by atoms with van der Waals surface area (Å²) in [6.45, 7) is 1.79. The van der Waals surface area contributed by atoms with Crippen LogP contribution in [0.1, 0.15) is 11.4 Å². The molecule has 0 N–H and O–H groups in total. The number of halogens is 4. The summed E-state index contributed by atoms with van der Waals surface area (Å²) in [5, 5.41) is -0.136. The number of aromatic nitrogens is 2. The van der Waals surface area contributed by atoms with Crippen molar-refractivity contribution < 1.29 is 17.9 Å². The third-order valence-electron chi connectivity index (χ3n) is 2.01. The highest BCUT2D eigenvalue weighted by Gasteiger charge is 2.36. The minimum Gasteiger partial charge on any atom is -0.430 e. The molecular formula is C10H6BrF3N2OS. The maximum absolute atomic E-state index is 12.3. The molecule has 0 saturated carbocycles. The fraction of sp³-hybridized carbons (Fsp3) is 0.200. The van der Waals surface area contributed by atoms with Crippen LogP contribution in [0.4, 0.5) is 13.2 Å². The van der Waals surface area contributed by atoms with Crippen LogP contribution < -0.4 is 4.74 Å². The van der Waals surface area contributed by atoms with Crippen LogP contribution in [0.3, 0.4) is 0 Å². The Kier molecular flexibility index (Phi) is 3.58. The van der Waals surface area contributed by atoms with Gasteiger partial charge in [0.15, 0.2) is 0 Å². The van der Waals surface area contributed by atoms with Gasteiger partial charge in [-0.15, -0.1) is 0 Å². The van der Waals surface area contributed by atoms with Gasteiger partial charge >= 0.3 is 6.18 Å². The Morgan fingerprint density at radius 2 is 2.06 bits per heavy atom. The molecule has 1 aromatic heterocycles. The molecule has 96 valence electrons. The van der Waals surface area contributed by atoms with Crippen LogP contribution in [0.2, 0.25) is 0 Å². The van der Waals surface area contributed by atoms with Gasteiger partial charge in [0, 0.05) is 16.0 Å². The van der Waals surface area contributed by atoms with Crippen LogP contribution in [0, 0.1) is 6.92 Å². The molecular weight excluding hydrogens is 333 g/mol. The molecule has 0 aliphatic heterocycles. The summed E-state index contributed by atoms with van der Waals surface area (Å²) in [6, 6.07) is 5.25. The monoisotopic (exact) mass is 338 g/mol. The largest absolute Gasteiger partial charge is 0.452 e. The molecule has 0 amide bonds. The van der Waals surface area contributed by atoms with E-state index in [0.29, 0.717) is 17.3 Å². The van der Waals surface area contributed by atoms with E-state index in [-0.39, 0.29) is 5.19 Å². The van der Waals surface area contributed by atoms with Crippen LogP contribution in [0.5, 0.6) is 10.9 Å². The van der Waals surface area contributed by atoms with Gasteiger partial charge in [0.1, 0.15) is 5.75 Å². The Morgan fingerprint density at radius 1 is 1.33 bits per heavy atom. The summed E-state index contributed by atoms with van der Waals surface area (Å²) in [5.74, 6) is -0.746. The van der Waals surface area contributed by atoms with Gasteiger partial charge < -0.3 is 4.74 Å². The molecule has 3 nitrogen and oxygen atoms in total. The Morgan fingerprint density at radius 3 is 2.67 bits per heavy atom. The van der Waals surface area contributed by atoms with E-state index in [1.807, 2.05) is 6.07 Å². The van der Waals surface area contributed by atoms with Crippen molar-refractivity contribution in [2.24, 2.45) is 0 Å². The highest BCUT2D eigenvalue weighted by molar-refractivity contribution is 9.10. The van der Waals surface area contributed by atoms with Crippen molar-refractivity contribution in [3.8, 4) is 10.9 Å². The van der Waals surface area contributed by atoms with Crippen LogP contribution >= 0.6 is 27.5 Å². The van der Waals surface area contributed by atoms with Gasteiger partial charge in [0.2, 0.25) is 0 Å². The lowest BCUT2D eigenvalue weighted by atomic mass is 10.2. The van der Waals surface area contributed by atoms with E-state index < -0.39 is 12.0 Å². The Hall–Kier alpha value is -1.15. The van der Waals surface area contributed by atoms with Crippen molar-refractivity contribution in [2.45, 2.75) is 13.1 Å². The molecule has 2 aromatic rings. The lowest BCUT2D eigenvalue weighted by molar-refractivity contribution is -0.144. The molecule has 0 aliphatic carbocycles. The first-order valence-corrected chi connectivity index (χ1v) is 6.28. The number of hydrogen-bond donors (Lipinski definition) is 0. The zero-order valence-electron chi connectivity index (χ0n) is 8.95. The molecule has 2 rings (SSSR count). The van der Waals surface area contributed by atoms with Crippen molar-refractivity contribution in [3.63, 3.8) is 0 Å². The second-order valence-corrected chi connectivity index (χ2v) is 5.02. The van der Waals surface area contributed by atoms with E-state index in [4.69, 9.17) is 4.74 Å². The highest BCUT2D eigenvalue weighted by Crippen LogP contribution is 2.33. The maximum atomic E-state index is 12.3. The van der Waals surface area contributed by atoms with Crippen LogP contribution in [-0.2, 0) is 6.18 Å². The van der Waals surface area contributed by atoms with Crippen LogP contribution in [0.25, 0.3) is 0 Å². The summed E-state index contributed by atoms with van der Waals surface area (Å²) in [4.78, 5) is 3.29. The van der Waals surface area contributed by atoms with Gasteiger partial charge in [0.05, 0.1) is 0 Å². The Balaban J connectivity index is 2.24. The number of hydrogen-bond acceptors (Lipinski definition) is 4. The SMILES string of the molecule is Cc1ccc(Br)cc1Oc1nc(C(F)(F)F)ns1. The minimum atomic E-state index is -4.55. The van der Waals surface area contributed by atoms with Crippen molar-refractivity contribution in [3.05, 3.63) is 34.1 Å². The van der Waals surface area contributed by atoms with Gasteiger partial charge in [-0.2, -0.15) is 22.5 Å². The van der Waals surface area contributed by atoms with Gasteiger partial charge in [-0.05, 0) is 24.6 Å². The topological polar surface area (TPSA) is 35.0 Å². The lowest BCUT2D eigenvalue weighted by Gasteiger charge is -2.05. The summed E-state index contributed by atoms with van der Waals surface area (Å²) >= 11 is 3.82. The van der Waals surface area contributed by atoms with Crippen molar-refractivity contribution in [1.82, 2.24) is 9.36 Å². The second kappa shape index (κ2) is 4.85. The van der Waals surface area contributed by atoms with E-state index in [1.165, 1.54) is 0 Å². The van der Waals surface area contributed by atoms with Gasteiger partial charge in [-0.3, -0.25) is 0 Å². The Bertz CT molecular complexity index is 570. The molecule has 0 unspecified atom stereocenters. The average Bonchev–Trinajstić information content (AvgIpc) is 2.71. The third-order valence-corrected chi connectivity index (χ3v) is 3.10. The molecule has 1 heterocycles. The Labute approximate surface area is 113 Å². The molecule has 18 heavy (non-hydrogen) atoms. The zero-order valence-corrected chi connectivity index (χ0v) is 11.4. The molecule has 0 spiro atoms. The third kappa shape index (κ3) is 2.99. The predicted octanol–water partition coefficient (Wildman–Crippen LogP) is 4.42. The summed E-state index contributed by atoms with van der Waals surface area (Å²) in [6.07, 6.45) is -4.55. The number of ether oxygens (including phenoxy) is 1. The second-order valence-electron chi connectivity index (χ2n) is 3.39. The quantitative estimate of drug-likeness (QED) is 0.812. The van der Waals surface area contributed by atoms with Crippen LogP contribution in [-0.4, -0.2) is 9.36 Å². The first-order valence-electron chi connectivity index (χ1n) is 4.71. The average molecular weight is 339 g/mol. The number of alkyl halides is 3. The smallest absolute Gasteiger partial charge is 0.430 e.